The number of nitrogens with zero attached hydrogens (tertiary/aromatic N) is 4. The molecular formula is C22H33FN4O2. The monoisotopic (exact) mass is 404 g/mol. The van der Waals surface area contributed by atoms with Crippen molar-refractivity contribution in [1.82, 2.24) is 14.7 Å². The number of hydrogen-bond acceptors (Lipinski definition) is 5. The highest BCUT2D eigenvalue weighted by atomic mass is 19.1. The highest BCUT2D eigenvalue weighted by Gasteiger charge is 2.23. The van der Waals surface area contributed by atoms with E-state index in [1.807, 2.05) is 43.8 Å². The molecule has 0 heterocycles. The van der Waals surface area contributed by atoms with E-state index in [-0.39, 0.29) is 23.5 Å². The minimum absolute atomic E-state index is 0.00735. The Kier molecular flexibility index (Phi) is 9.55. The fourth-order valence-corrected chi connectivity index (χ4v) is 2.63. The van der Waals surface area contributed by atoms with Gasteiger partial charge in [-0.1, -0.05) is 25.3 Å². The van der Waals surface area contributed by atoms with Crippen LogP contribution in [0.1, 0.15) is 25.0 Å². The van der Waals surface area contributed by atoms with E-state index >= 15 is 0 Å². The standard InChI is InChI=1S/C22H33FN4O2/c1-8-27(15-20-10-9-16(2)21(23)13-20)22(29)18(4)25(6)11-12-26(7)19(5)24-14-17(3)28/h9-10,13-14,18,28H,3,5,8,11-12,15H2,1-2,4,6-7H3/b24-14-. The van der Waals surface area contributed by atoms with Gasteiger partial charge in [-0.15, -0.1) is 0 Å². The first kappa shape index (κ1) is 24.4. The number of aryl methyl sites for hydroxylation is 1. The number of carbonyl (C=O) groups excluding carboxylic acids is 1. The fourth-order valence-electron chi connectivity index (χ4n) is 2.63. The van der Waals surface area contributed by atoms with Gasteiger partial charge in [0, 0.05) is 33.2 Å². The Hall–Kier alpha value is -2.67. The lowest BCUT2D eigenvalue weighted by Gasteiger charge is -2.31. The predicted octanol–water partition coefficient (Wildman–Crippen LogP) is 3.35. The molecule has 1 amide bonds. The summed E-state index contributed by atoms with van der Waals surface area (Å²) < 4.78 is 13.8. The number of aliphatic imine (C=N–C) groups is 1. The third-order valence-electron chi connectivity index (χ3n) is 4.91. The SMILES string of the molecule is C=C(O)/C=N\C(=C)N(C)CCN(C)C(C)C(=O)N(CC)Cc1ccc(C)c(F)c1. The van der Waals surface area contributed by atoms with Gasteiger partial charge in [-0.05, 0) is 45.0 Å². The normalized spacial score (nSPS) is 12.2. The fraction of sp³-hybridized carbons (Fsp3) is 0.455. The molecule has 0 bridgehead atoms. The summed E-state index contributed by atoms with van der Waals surface area (Å²) in [5.74, 6) is 0.0899. The van der Waals surface area contributed by atoms with Gasteiger partial charge in [-0.25, -0.2) is 9.38 Å². The van der Waals surface area contributed by atoms with Gasteiger partial charge in [0.1, 0.15) is 17.4 Å². The van der Waals surface area contributed by atoms with Crippen LogP contribution in [-0.2, 0) is 11.3 Å². The van der Waals surface area contributed by atoms with Crippen LogP contribution in [0.25, 0.3) is 0 Å². The molecule has 0 saturated carbocycles. The van der Waals surface area contributed by atoms with E-state index in [0.717, 1.165) is 5.56 Å². The molecule has 0 spiro atoms. The Bertz CT molecular complexity index is 763. The number of rotatable bonds is 11. The van der Waals surface area contributed by atoms with Crippen LogP contribution < -0.4 is 0 Å². The molecule has 1 aromatic rings. The third-order valence-corrected chi connectivity index (χ3v) is 4.91. The molecule has 0 fully saturated rings. The summed E-state index contributed by atoms with van der Waals surface area (Å²) in [5, 5.41) is 9.07. The van der Waals surface area contributed by atoms with Crippen molar-refractivity contribution in [2.45, 2.75) is 33.4 Å². The number of amides is 1. The molecule has 29 heavy (non-hydrogen) atoms. The average Bonchev–Trinajstić information content (AvgIpc) is 2.69. The smallest absolute Gasteiger partial charge is 0.239 e. The van der Waals surface area contributed by atoms with Crippen molar-refractivity contribution < 1.29 is 14.3 Å². The topological polar surface area (TPSA) is 59.4 Å². The molecule has 1 aromatic carbocycles. The number of hydrogen-bond donors (Lipinski definition) is 1. The maximum atomic E-state index is 13.8. The molecular weight excluding hydrogens is 371 g/mol. The van der Waals surface area contributed by atoms with Crippen molar-refractivity contribution in [2.75, 3.05) is 33.7 Å². The third kappa shape index (κ3) is 7.69. The second-order valence-electron chi connectivity index (χ2n) is 7.18. The zero-order chi connectivity index (χ0) is 22.1. The van der Waals surface area contributed by atoms with Gasteiger partial charge in [0.15, 0.2) is 0 Å². The molecule has 1 unspecified atom stereocenters. The summed E-state index contributed by atoms with van der Waals surface area (Å²) in [5.41, 5.74) is 1.37. The quantitative estimate of drug-likeness (QED) is 0.454. The Morgan fingerprint density at radius 2 is 1.97 bits per heavy atom. The minimum Gasteiger partial charge on any atom is -0.507 e. The van der Waals surface area contributed by atoms with E-state index in [9.17, 15) is 9.18 Å². The Balaban J connectivity index is 2.65. The Morgan fingerprint density at radius 1 is 1.31 bits per heavy atom. The van der Waals surface area contributed by atoms with E-state index in [4.69, 9.17) is 5.11 Å². The minimum atomic E-state index is -0.326. The van der Waals surface area contributed by atoms with Crippen molar-refractivity contribution in [3.63, 3.8) is 0 Å². The van der Waals surface area contributed by atoms with Gasteiger partial charge in [-0.3, -0.25) is 9.69 Å². The summed E-state index contributed by atoms with van der Waals surface area (Å²) in [4.78, 5) is 22.5. The van der Waals surface area contributed by atoms with Gasteiger partial charge in [-0.2, -0.15) is 0 Å². The molecule has 160 valence electrons. The van der Waals surface area contributed by atoms with Crippen LogP contribution in [0.5, 0.6) is 0 Å². The number of likely N-dealkylation sites (N-methyl/N-ethyl adjacent to an activating group) is 3. The molecule has 1 atom stereocenters. The maximum Gasteiger partial charge on any atom is 0.239 e. The van der Waals surface area contributed by atoms with E-state index in [2.05, 4.69) is 18.2 Å². The largest absolute Gasteiger partial charge is 0.507 e. The zero-order valence-corrected chi connectivity index (χ0v) is 18.2. The molecule has 7 heteroatoms. The first-order chi connectivity index (χ1) is 13.6. The van der Waals surface area contributed by atoms with Gasteiger partial charge in [0.2, 0.25) is 5.91 Å². The van der Waals surface area contributed by atoms with Crippen LogP contribution >= 0.6 is 0 Å². The highest BCUT2D eigenvalue weighted by molar-refractivity contribution is 5.81. The van der Waals surface area contributed by atoms with Crippen LogP contribution in [0.3, 0.4) is 0 Å². The second-order valence-corrected chi connectivity index (χ2v) is 7.18. The highest BCUT2D eigenvalue weighted by Crippen LogP contribution is 2.13. The van der Waals surface area contributed by atoms with E-state index in [1.165, 1.54) is 12.3 Å². The second kappa shape index (κ2) is 11.4. The van der Waals surface area contributed by atoms with Gasteiger partial charge >= 0.3 is 0 Å². The molecule has 0 aliphatic rings. The lowest BCUT2D eigenvalue weighted by Crippen LogP contribution is -2.47. The summed E-state index contributed by atoms with van der Waals surface area (Å²) in [6.45, 7) is 14.8. The molecule has 0 aliphatic carbocycles. The summed E-state index contributed by atoms with van der Waals surface area (Å²) in [6, 6.07) is 4.75. The number of halogens is 1. The van der Waals surface area contributed by atoms with Crippen molar-refractivity contribution in [3.05, 3.63) is 59.9 Å². The number of aliphatic hydroxyl groups excluding tert-OH is 1. The molecule has 6 nitrogen and oxygen atoms in total. The summed E-state index contributed by atoms with van der Waals surface area (Å²) >= 11 is 0. The van der Waals surface area contributed by atoms with Crippen LogP contribution in [0.15, 0.2) is 47.9 Å². The number of carbonyl (C=O) groups is 1. The maximum absolute atomic E-state index is 13.8. The lowest BCUT2D eigenvalue weighted by atomic mass is 10.1. The average molecular weight is 405 g/mol. The molecule has 1 rings (SSSR count). The molecule has 1 N–H and O–H groups in total. The lowest BCUT2D eigenvalue weighted by molar-refractivity contribution is -0.136. The number of allylic oxidation sites excluding steroid dienone is 1. The zero-order valence-electron chi connectivity index (χ0n) is 18.2. The van der Waals surface area contributed by atoms with Crippen molar-refractivity contribution in [3.8, 4) is 0 Å². The van der Waals surface area contributed by atoms with E-state index in [1.54, 1.807) is 17.9 Å². The van der Waals surface area contributed by atoms with Crippen LogP contribution in [0.4, 0.5) is 4.39 Å². The number of benzene rings is 1. The first-order valence-electron chi connectivity index (χ1n) is 9.62. The molecule has 0 radical (unpaired) electrons. The van der Waals surface area contributed by atoms with Gasteiger partial charge in [0.25, 0.3) is 0 Å². The van der Waals surface area contributed by atoms with Crippen LogP contribution in [-0.4, -0.2) is 71.7 Å². The molecule has 0 aromatic heterocycles. The van der Waals surface area contributed by atoms with Crippen molar-refractivity contribution in [2.24, 2.45) is 4.99 Å². The van der Waals surface area contributed by atoms with Crippen LogP contribution in [0.2, 0.25) is 0 Å². The van der Waals surface area contributed by atoms with Gasteiger partial charge < -0.3 is 14.9 Å². The van der Waals surface area contributed by atoms with E-state index < -0.39 is 0 Å². The van der Waals surface area contributed by atoms with Gasteiger partial charge in [0.05, 0.1) is 12.3 Å². The van der Waals surface area contributed by atoms with Crippen molar-refractivity contribution in [1.29, 1.82) is 0 Å². The Morgan fingerprint density at radius 3 is 2.52 bits per heavy atom. The van der Waals surface area contributed by atoms with E-state index in [0.29, 0.717) is 37.6 Å². The predicted molar refractivity (Wildman–Crippen MR) is 116 cm³/mol. The summed E-state index contributed by atoms with van der Waals surface area (Å²) in [7, 11) is 3.72. The summed E-state index contributed by atoms with van der Waals surface area (Å²) in [6.07, 6.45) is 1.24. The molecule has 0 saturated heterocycles. The molecule has 0 aliphatic heterocycles. The number of aliphatic hydroxyl groups is 1. The Labute approximate surface area is 173 Å². The van der Waals surface area contributed by atoms with Crippen molar-refractivity contribution >= 4 is 12.1 Å². The first-order valence-corrected chi connectivity index (χ1v) is 9.62. The van der Waals surface area contributed by atoms with Crippen LogP contribution in [0, 0.1) is 12.7 Å².